The fourth-order valence-electron chi connectivity index (χ4n) is 3.42. The normalized spacial score (nSPS) is 26.7. The van der Waals surface area contributed by atoms with Gasteiger partial charge in [0, 0.05) is 26.2 Å². The van der Waals surface area contributed by atoms with Crippen LogP contribution in [-0.4, -0.2) is 73.4 Å². The molecule has 1 saturated heterocycles. The second kappa shape index (κ2) is 8.61. The summed E-state index contributed by atoms with van der Waals surface area (Å²) in [4.78, 5) is 25.8. The molecule has 7 nitrogen and oxygen atoms in total. The quantitative estimate of drug-likeness (QED) is 0.619. The van der Waals surface area contributed by atoms with Gasteiger partial charge in [0.15, 0.2) is 0 Å². The molecule has 1 heterocycles. The molecule has 1 aliphatic carbocycles. The van der Waals surface area contributed by atoms with Crippen LogP contribution in [0.15, 0.2) is 0 Å². The van der Waals surface area contributed by atoms with Crippen molar-refractivity contribution in [2.24, 2.45) is 0 Å². The zero-order valence-corrected chi connectivity index (χ0v) is 14.0. The summed E-state index contributed by atoms with van der Waals surface area (Å²) < 4.78 is 5.66. The molecule has 7 heteroatoms. The minimum absolute atomic E-state index is 0.0191. The number of nitrogens with one attached hydrogen (secondary N) is 2. The third-order valence-corrected chi connectivity index (χ3v) is 4.71. The van der Waals surface area contributed by atoms with Crippen molar-refractivity contribution in [2.75, 3.05) is 39.9 Å². The van der Waals surface area contributed by atoms with E-state index in [9.17, 15) is 14.7 Å². The Balaban J connectivity index is 1.84. The number of amides is 2. The number of morpholine rings is 1. The first kappa shape index (κ1) is 18.2. The zero-order chi connectivity index (χ0) is 16.7. The molecule has 1 aliphatic heterocycles. The number of hydrogen-bond acceptors (Lipinski definition) is 5. The Labute approximate surface area is 137 Å². The van der Waals surface area contributed by atoms with E-state index in [4.69, 9.17) is 4.74 Å². The molecule has 0 aromatic carbocycles. The van der Waals surface area contributed by atoms with Crippen molar-refractivity contribution >= 4 is 11.8 Å². The maximum Gasteiger partial charge on any atom is 0.234 e. The summed E-state index contributed by atoms with van der Waals surface area (Å²) in [5, 5.41) is 15.3. The van der Waals surface area contributed by atoms with Crippen LogP contribution in [0.1, 0.15) is 38.5 Å². The molecule has 2 amide bonds. The van der Waals surface area contributed by atoms with Crippen LogP contribution in [-0.2, 0) is 14.3 Å². The summed E-state index contributed by atoms with van der Waals surface area (Å²) in [6.07, 6.45) is 5.85. The summed E-state index contributed by atoms with van der Waals surface area (Å²) in [7, 11) is 1.56. The van der Waals surface area contributed by atoms with E-state index in [0.29, 0.717) is 25.7 Å². The highest BCUT2D eigenvalue weighted by Gasteiger charge is 2.38. The molecule has 1 saturated carbocycles. The Hall–Kier alpha value is -1.18. The monoisotopic (exact) mass is 327 g/mol. The lowest BCUT2D eigenvalue weighted by Crippen LogP contribution is -2.57. The number of aliphatic hydroxyl groups is 1. The number of aliphatic hydroxyl groups excluding tert-OH is 1. The van der Waals surface area contributed by atoms with Crippen LogP contribution in [0.4, 0.5) is 0 Å². The molecule has 0 aromatic rings. The van der Waals surface area contributed by atoms with Crippen LogP contribution in [0, 0.1) is 0 Å². The molecule has 0 aromatic heterocycles. The van der Waals surface area contributed by atoms with Crippen LogP contribution < -0.4 is 10.6 Å². The van der Waals surface area contributed by atoms with Gasteiger partial charge in [-0.3, -0.25) is 14.5 Å². The Morgan fingerprint density at radius 2 is 2.00 bits per heavy atom. The summed E-state index contributed by atoms with van der Waals surface area (Å²) in [5.41, 5.74) is -0.913. The Bertz CT molecular complexity index is 412. The first-order valence-corrected chi connectivity index (χ1v) is 8.54. The zero-order valence-electron chi connectivity index (χ0n) is 14.0. The third kappa shape index (κ3) is 5.44. The lowest BCUT2D eigenvalue weighted by Gasteiger charge is -2.41. The van der Waals surface area contributed by atoms with E-state index in [2.05, 4.69) is 10.6 Å². The van der Waals surface area contributed by atoms with Crippen molar-refractivity contribution in [3.8, 4) is 0 Å². The first-order chi connectivity index (χ1) is 11.1. The van der Waals surface area contributed by atoms with Crippen molar-refractivity contribution in [3.05, 3.63) is 0 Å². The van der Waals surface area contributed by atoms with Crippen molar-refractivity contribution < 1.29 is 19.4 Å². The second-order valence-corrected chi connectivity index (χ2v) is 6.65. The van der Waals surface area contributed by atoms with E-state index in [-0.39, 0.29) is 31.4 Å². The van der Waals surface area contributed by atoms with Gasteiger partial charge < -0.3 is 20.5 Å². The van der Waals surface area contributed by atoms with Crippen LogP contribution in [0.25, 0.3) is 0 Å². The highest BCUT2D eigenvalue weighted by atomic mass is 16.5. The number of ether oxygens (including phenoxy) is 1. The Morgan fingerprint density at radius 1 is 1.26 bits per heavy atom. The summed E-state index contributed by atoms with van der Waals surface area (Å²) in [6.45, 7) is 1.48. The van der Waals surface area contributed by atoms with Gasteiger partial charge in [0.1, 0.15) is 5.60 Å². The van der Waals surface area contributed by atoms with Crippen molar-refractivity contribution in [2.45, 2.75) is 50.2 Å². The fourth-order valence-corrected chi connectivity index (χ4v) is 3.42. The van der Waals surface area contributed by atoms with Crippen LogP contribution in [0.2, 0.25) is 0 Å². The molecular formula is C16H29N3O4. The third-order valence-electron chi connectivity index (χ3n) is 4.71. The topological polar surface area (TPSA) is 90.9 Å². The number of rotatable bonds is 6. The Morgan fingerprint density at radius 3 is 2.65 bits per heavy atom. The van der Waals surface area contributed by atoms with E-state index in [1.54, 1.807) is 7.05 Å². The van der Waals surface area contributed by atoms with E-state index in [0.717, 1.165) is 12.8 Å². The van der Waals surface area contributed by atoms with Gasteiger partial charge in [-0.1, -0.05) is 19.3 Å². The average Bonchev–Trinajstić information content (AvgIpc) is 2.55. The summed E-state index contributed by atoms with van der Waals surface area (Å²) >= 11 is 0. The molecular weight excluding hydrogens is 298 g/mol. The molecule has 2 fully saturated rings. The van der Waals surface area contributed by atoms with E-state index in [1.807, 2.05) is 4.90 Å². The van der Waals surface area contributed by atoms with E-state index in [1.165, 1.54) is 19.3 Å². The predicted molar refractivity (Wildman–Crippen MR) is 85.9 cm³/mol. The first-order valence-electron chi connectivity index (χ1n) is 8.54. The molecule has 2 aliphatic rings. The molecule has 3 N–H and O–H groups in total. The maximum absolute atomic E-state index is 12.2. The standard InChI is InChI=1S/C16H29N3O4/c1-17-14(21)9-16(12-20)11-19(7-8-23-16)10-15(22)18-13-5-3-2-4-6-13/h13,20H,2-12H2,1H3,(H,17,21)(H,18,22). The highest BCUT2D eigenvalue weighted by molar-refractivity contribution is 5.78. The summed E-state index contributed by atoms with van der Waals surface area (Å²) in [5.74, 6) is -0.154. The predicted octanol–water partition coefficient (Wildman–Crippen LogP) is -0.365. The fraction of sp³-hybridized carbons (Fsp3) is 0.875. The smallest absolute Gasteiger partial charge is 0.234 e. The van der Waals surface area contributed by atoms with Crippen molar-refractivity contribution in [1.29, 1.82) is 0 Å². The molecule has 2 rings (SSSR count). The van der Waals surface area contributed by atoms with Crippen LogP contribution in [0.5, 0.6) is 0 Å². The molecule has 0 bridgehead atoms. The lowest BCUT2D eigenvalue weighted by molar-refractivity contribution is -0.153. The molecule has 1 unspecified atom stereocenters. The van der Waals surface area contributed by atoms with Gasteiger partial charge in [0.2, 0.25) is 11.8 Å². The summed E-state index contributed by atoms with van der Waals surface area (Å²) in [6, 6.07) is 0.297. The van der Waals surface area contributed by atoms with Gasteiger partial charge in [0.25, 0.3) is 0 Å². The lowest BCUT2D eigenvalue weighted by atomic mass is 9.95. The largest absolute Gasteiger partial charge is 0.393 e. The van der Waals surface area contributed by atoms with Crippen LogP contribution >= 0.6 is 0 Å². The number of carbonyl (C=O) groups excluding carboxylic acids is 2. The van der Waals surface area contributed by atoms with Crippen molar-refractivity contribution in [3.63, 3.8) is 0 Å². The maximum atomic E-state index is 12.2. The van der Waals surface area contributed by atoms with Crippen LogP contribution in [0.3, 0.4) is 0 Å². The van der Waals surface area contributed by atoms with E-state index < -0.39 is 5.60 Å². The van der Waals surface area contributed by atoms with Gasteiger partial charge in [-0.25, -0.2) is 0 Å². The van der Waals surface area contributed by atoms with Crippen molar-refractivity contribution in [1.82, 2.24) is 15.5 Å². The number of hydrogen-bond donors (Lipinski definition) is 3. The second-order valence-electron chi connectivity index (χ2n) is 6.65. The van der Waals surface area contributed by atoms with Gasteiger partial charge in [0.05, 0.1) is 26.2 Å². The molecule has 0 radical (unpaired) electrons. The van der Waals surface area contributed by atoms with Gasteiger partial charge >= 0.3 is 0 Å². The highest BCUT2D eigenvalue weighted by Crippen LogP contribution is 2.22. The minimum Gasteiger partial charge on any atom is -0.393 e. The SMILES string of the molecule is CNC(=O)CC1(CO)CN(CC(=O)NC2CCCCC2)CCO1. The van der Waals surface area contributed by atoms with Gasteiger partial charge in [-0.05, 0) is 12.8 Å². The molecule has 23 heavy (non-hydrogen) atoms. The van der Waals surface area contributed by atoms with E-state index >= 15 is 0 Å². The minimum atomic E-state index is -0.913. The van der Waals surface area contributed by atoms with Gasteiger partial charge in [-0.2, -0.15) is 0 Å². The Kier molecular flexibility index (Phi) is 6.80. The van der Waals surface area contributed by atoms with Gasteiger partial charge in [-0.15, -0.1) is 0 Å². The average molecular weight is 327 g/mol. The number of nitrogens with zero attached hydrogens (tertiary/aromatic N) is 1. The molecule has 132 valence electrons. The molecule has 1 atom stereocenters. The number of carbonyl (C=O) groups is 2. The molecule has 0 spiro atoms.